The number of aromatic amines is 1. The summed E-state index contributed by atoms with van der Waals surface area (Å²) in [5.41, 5.74) is 3.22. The van der Waals surface area contributed by atoms with Gasteiger partial charge in [-0.05, 0) is 13.8 Å². The Morgan fingerprint density at radius 3 is 2.61 bits per heavy atom. The van der Waals surface area contributed by atoms with Crippen molar-refractivity contribution >= 4 is 5.78 Å². The predicted molar refractivity (Wildman–Crippen MR) is 68.5 cm³/mol. The van der Waals surface area contributed by atoms with Crippen molar-refractivity contribution in [2.45, 2.75) is 13.8 Å². The van der Waals surface area contributed by atoms with Crippen LogP contribution in [0.3, 0.4) is 0 Å². The van der Waals surface area contributed by atoms with Crippen molar-refractivity contribution in [2.24, 2.45) is 0 Å². The molecule has 0 radical (unpaired) electrons. The number of imidazole rings is 1. The SMILES string of the molecule is Cc1ccc(-c2cn3nc(C)c(=O)[nH]c3n2)cc1. The van der Waals surface area contributed by atoms with Crippen molar-refractivity contribution < 1.29 is 0 Å². The Balaban J connectivity index is 2.19. The fourth-order valence-electron chi connectivity index (χ4n) is 1.80. The van der Waals surface area contributed by atoms with E-state index < -0.39 is 0 Å². The van der Waals surface area contributed by atoms with Gasteiger partial charge in [0.05, 0.1) is 11.9 Å². The second-order valence-corrected chi connectivity index (χ2v) is 4.30. The summed E-state index contributed by atoms with van der Waals surface area (Å²) in [5, 5.41) is 4.15. The van der Waals surface area contributed by atoms with Crippen molar-refractivity contribution in [1.29, 1.82) is 0 Å². The zero-order chi connectivity index (χ0) is 12.7. The van der Waals surface area contributed by atoms with E-state index in [0.717, 1.165) is 11.3 Å². The number of H-pyrrole nitrogens is 1. The van der Waals surface area contributed by atoms with Gasteiger partial charge in [0.1, 0.15) is 5.69 Å². The Morgan fingerprint density at radius 1 is 1.17 bits per heavy atom. The monoisotopic (exact) mass is 240 g/mol. The molecule has 0 atom stereocenters. The van der Waals surface area contributed by atoms with Crippen LogP contribution in [-0.4, -0.2) is 19.6 Å². The average Bonchev–Trinajstić information content (AvgIpc) is 2.73. The van der Waals surface area contributed by atoms with E-state index in [1.807, 2.05) is 37.4 Å². The number of nitrogens with one attached hydrogen (secondary N) is 1. The maximum absolute atomic E-state index is 11.5. The fourth-order valence-corrected chi connectivity index (χ4v) is 1.80. The highest BCUT2D eigenvalue weighted by molar-refractivity contribution is 5.61. The molecule has 0 aliphatic heterocycles. The highest BCUT2D eigenvalue weighted by Crippen LogP contribution is 2.18. The molecular formula is C13H12N4O. The molecule has 2 heterocycles. The molecule has 0 saturated heterocycles. The molecule has 3 aromatic rings. The summed E-state index contributed by atoms with van der Waals surface area (Å²) in [4.78, 5) is 18.5. The van der Waals surface area contributed by atoms with Crippen LogP contribution in [0.2, 0.25) is 0 Å². The third kappa shape index (κ3) is 1.69. The number of hydrogen-bond acceptors (Lipinski definition) is 3. The topological polar surface area (TPSA) is 63.1 Å². The normalized spacial score (nSPS) is 11.0. The minimum absolute atomic E-state index is 0.205. The first-order valence-electron chi connectivity index (χ1n) is 5.67. The van der Waals surface area contributed by atoms with Crippen molar-refractivity contribution in [3.05, 3.63) is 52.1 Å². The second-order valence-electron chi connectivity index (χ2n) is 4.30. The average molecular weight is 240 g/mol. The lowest BCUT2D eigenvalue weighted by atomic mass is 10.1. The molecule has 18 heavy (non-hydrogen) atoms. The maximum Gasteiger partial charge on any atom is 0.273 e. The van der Waals surface area contributed by atoms with Gasteiger partial charge in [0.2, 0.25) is 5.78 Å². The van der Waals surface area contributed by atoms with Gasteiger partial charge in [-0.15, -0.1) is 0 Å². The number of rotatable bonds is 1. The first-order chi connectivity index (χ1) is 8.63. The third-order valence-electron chi connectivity index (χ3n) is 2.85. The molecule has 1 aromatic carbocycles. The van der Waals surface area contributed by atoms with E-state index in [9.17, 15) is 4.79 Å². The van der Waals surface area contributed by atoms with Crippen LogP contribution in [0.5, 0.6) is 0 Å². The van der Waals surface area contributed by atoms with Gasteiger partial charge in [0, 0.05) is 5.56 Å². The first-order valence-corrected chi connectivity index (χ1v) is 5.67. The van der Waals surface area contributed by atoms with E-state index in [1.165, 1.54) is 5.56 Å². The molecule has 5 heteroatoms. The van der Waals surface area contributed by atoms with Crippen molar-refractivity contribution in [3.63, 3.8) is 0 Å². The van der Waals surface area contributed by atoms with E-state index >= 15 is 0 Å². The number of benzene rings is 1. The molecule has 5 nitrogen and oxygen atoms in total. The van der Waals surface area contributed by atoms with Crippen LogP contribution in [0, 0.1) is 13.8 Å². The van der Waals surface area contributed by atoms with Crippen LogP contribution in [0.1, 0.15) is 11.3 Å². The summed E-state index contributed by atoms with van der Waals surface area (Å²) in [5.74, 6) is 0.459. The minimum Gasteiger partial charge on any atom is -0.289 e. The summed E-state index contributed by atoms with van der Waals surface area (Å²) in [6.07, 6.45) is 1.81. The summed E-state index contributed by atoms with van der Waals surface area (Å²) in [6.45, 7) is 3.71. The summed E-state index contributed by atoms with van der Waals surface area (Å²) in [6, 6.07) is 8.06. The van der Waals surface area contributed by atoms with E-state index in [0.29, 0.717) is 11.5 Å². The number of aromatic nitrogens is 4. The second kappa shape index (κ2) is 3.80. The number of fused-ring (bicyclic) bond motifs is 1. The standard InChI is InChI=1S/C13H12N4O/c1-8-3-5-10(6-4-8)11-7-17-13(14-11)15-12(18)9(2)16-17/h3-7H,1-2H3,(H,14,15,18). The molecule has 90 valence electrons. The van der Waals surface area contributed by atoms with Gasteiger partial charge in [-0.2, -0.15) is 5.10 Å². The Labute approximate surface area is 103 Å². The van der Waals surface area contributed by atoms with Crippen LogP contribution >= 0.6 is 0 Å². The highest BCUT2D eigenvalue weighted by atomic mass is 16.1. The molecule has 0 aliphatic rings. The Hall–Kier alpha value is -2.43. The van der Waals surface area contributed by atoms with Crippen LogP contribution in [0.15, 0.2) is 35.3 Å². The quantitative estimate of drug-likeness (QED) is 0.704. The van der Waals surface area contributed by atoms with Gasteiger partial charge < -0.3 is 0 Å². The lowest BCUT2D eigenvalue weighted by Crippen LogP contribution is -2.14. The number of aryl methyl sites for hydroxylation is 2. The molecule has 2 aromatic heterocycles. The molecule has 0 amide bonds. The van der Waals surface area contributed by atoms with Crippen LogP contribution in [0.25, 0.3) is 17.0 Å². The first kappa shape index (κ1) is 10.7. The lowest BCUT2D eigenvalue weighted by molar-refractivity contribution is 0.850. The van der Waals surface area contributed by atoms with Gasteiger partial charge >= 0.3 is 0 Å². The smallest absolute Gasteiger partial charge is 0.273 e. The van der Waals surface area contributed by atoms with Gasteiger partial charge in [-0.3, -0.25) is 9.78 Å². The van der Waals surface area contributed by atoms with Gasteiger partial charge in [-0.25, -0.2) is 9.50 Å². The number of hydrogen-bond donors (Lipinski definition) is 1. The molecule has 0 saturated carbocycles. The summed E-state index contributed by atoms with van der Waals surface area (Å²) >= 11 is 0. The number of nitrogens with zero attached hydrogens (tertiary/aromatic N) is 3. The molecule has 0 unspecified atom stereocenters. The molecule has 0 bridgehead atoms. The van der Waals surface area contributed by atoms with E-state index in [1.54, 1.807) is 11.4 Å². The lowest BCUT2D eigenvalue weighted by Gasteiger charge is -1.95. The summed E-state index contributed by atoms with van der Waals surface area (Å²) in [7, 11) is 0. The zero-order valence-electron chi connectivity index (χ0n) is 10.1. The van der Waals surface area contributed by atoms with Gasteiger partial charge in [0.15, 0.2) is 0 Å². The van der Waals surface area contributed by atoms with Gasteiger partial charge in [0.25, 0.3) is 5.56 Å². The van der Waals surface area contributed by atoms with Crippen molar-refractivity contribution in [3.8, 4) is 11.3 Å². The fraction of sp³-hybridized carbons (Fsp3) is 0.154. The van der Waals surface area contributed by atoms with E-state index in [4.69, 9.17) is 0 Å². The Morgan fingerprint density at radius 2 is 1.89 bits per heavy atom. The molecule has 0 spiro atoms. The molecule has 0 aliphatic carbocycles. The Kier molecular flexibility index (Phi) is 2.26. The van der Waals surface area contributed by atoms with Crippen molar-refractivity contribution in [1.82, 2.24) is 19.6 Å². The van der Waals surface area contributed by atoms with Crippen LogP contribution in [0.4, 0.5) is 0 Å². The molecular weight excluding hydrogens is 228 g/mol. The maximum atomic E-state index is 11.5. The van der Waals surface area contributed by atoms with Crippen LogP contribution < -0.4 is 5.56 Å². The largest absolute Gasteiger partial charge is 0.289 e. The van der Waals surface area contributed by atoms with E-state index in [2.05, 4.69) is 15.1 Å². The van der Waals surface area contributed by atoms with Crippen molar-refractivity contribution in [2.75, 3.05) is 0 Å². The minimum atomic E-state index is -0.205. The molecule has 0 fully saturated rings. The zero-order valence-corrected chi connectivity index (χ0v) is 10.1. The summed E-state index contributed by atoms with van der Waals surface area (Å²) < 4.78 is 1.59. The molecule has 3 rings (SSSR count). The predicted octanol–water partition coefficient (Wildman–Crippen LogP) is 1.70. The van der Waals surface area contributed by atoms with Crippen LogP contribution in [-0.2, 0) is 0 Å². The van der Waals surface area contributed by atoms with Gasteiger partial charge in [-0.1, -0.05) is 29.8 Å². The molecule has 1 N–H and O–H groups in total. The third-order valence-corrected chi connectivity index (χ3v) is 2.85. The Bertz CT molecular complexity index is 768. The van der Waals surface area contributed by atoms with E-state index in [-0.39, 0.29) is 5.56 Å². The highest BCUT2D eigenvalue weighted by Gasteiger charge is 2.06.